The van der Waals surface area contributed by atoms with Crippen molar-refractivity contribution in [1.29, 1.82) is 0 Å². The van der Waals surface area contributed by atoms with Gasteiger partial charge in [-0.15, -0.1) is 11.8 Å². The molecule has 1 aliphatic rings. The van der Waals surface area contributed by atoms with Crippen molar-refractivity contribution in [2.75, 3.05) is 31.2 Å². The Morgan fingerprint density at radius 1 is 1.50 bits per heavy atom. The molecule has 2 atom stereocenters. The largest absolute Gasteiger partial charge is 0.480 e. The minimum Gasteiger partial charge on any atom is -0.480 e. The topological polar surface area (TPSA) is 95.9 Å². The quantitative estimate of drug-likeness (QED) is 0.690. The molecule has 1 fully saturated rings. The summed E-state index contributed by atoms with van der Waals surface area (Å²) in [6.45, 7) is 4.83. The first kappa shape index (κ1) is 16.8. The van der Waals surface area contributed by atoms with E-state index < -0.39 is 17.9 Å². The van der Waals surface area contributed by atoms with Gasteiger partial charge in [-0.05, 0) is 6.92 Å². The summed E-state index contributed by atoms with van der Waals surface area (Å²) in [4.78, 5) is 35.4. The zero-order valence-corrected chi connectivity index (χ0v) is 12.4. The maximum absolute atomic E-state index is 11.9. The molecule has 2 N–H and O–H groups in total. The van der Waals surface area contributed by atoms with Crippen LogP contribution in [0.2, 0.25) is 0 Å². The van der Waals surface area contributed by atoms with Crippen LogP contribution in [-0.4, -0.2) is 71.1 Å². The highest BCUT2D eigenvalue weighted by Gasteiger charge is 2.23. The Hall–Kier alpha value is -1.28. The molecule has 0 radical (unpaired) electrons. The van der Waals surface area contributed by atoms with Crippen LogP contribution in [0.3, 0.4) is 0 Å². The zero-order chi connectivity index (χ0) is 15.1. The molecule has 0 saturated carbocycles. The van der Waals surface area contributed by atoms with Gasteiger partial charge in [0.1, 0.15) is 6.04 Å². The third-order valence-electron chi connectivity index (χ3n) is 2.78. The van der Waals surface area contributed by atoms with Crippen molar-refractivity contribution in [3.05, 3.63) is 0 Å². The Morgan fingerprint density at radius 3 is 2.75 bits per heavy atom. The molecular weight excluding hydrogens is 284 g/mol. The Balaban J connectivity index is 2.32. The monoisotopic (exact) mass is 304 g/mol. The van der Waals surface area contributed by atoms with E-state index in [0.717, 1.165) is 0 Å². The van der Waals surface area contributed by atoms with Gasteiger partial charge in [0.25, 0.3) is 0 Å². The van der Waals surface area contributed by atoms with E-state index in [1.54, 1.807) is 4.90 Å². The second-order valence-corrected chi connectivity index (χ2v) is 5.66. The molecule has 20 heavy (non-hydrogen) atoms. The maximum Gasteiger partial charge on any atom is 0.327 e. The average Bonchev–Trinajstić information content (AvgIpc) is 2.36. The van der Waals surface area contributed by atoms with Crippen LogP contribution >= 0.6 is 11.8 Å². The summed E-state index contributed by atoms with van der Waals surface area (Å²) >= 11 is 1.21. The summed E-state index contributed by atoms with van der Waals surface area (Å²) in [5.41, 5.74) is 0. The highest BCUT2D eigenvalue weighted by atomic mass is 32.2. The van der Waals surface area contributed by atoms with Gasteiger partial charge < -0.3 is 20.1 Å². The Kier molecular flexibility index (Phi) is 6.80. The van der Waals surface area contributed by atoms with Gasteiger partial charge in [0.05, 0.1) is 18.5 Å². The van der Waals surface area contributed by atoms with E-state index in [1.165, 1.54) is 18.7 Å². The molecule has 2 unspecified atom stereocenters. The highest BCUT2D eigenvalue weighted by molar-refractivity contribution is 8.00. The third kappa shape index (κ3) is 5.79. The number of carbonyl (C=O) groups excluding carboxylic acids is 2. The number of nitrogens with zero attached hydrogens (tertiary/aromatic N) is 1. The Morgan fingerprint density at radius 2 is 2.20 bits per heavy atom. The summed E-state index contributed by atoms with van der Waals surface area (Å²) in [6, 6.07) is -0.964. The van der Waals surface area contributed by atoms with Crippen LogP contribution in [-0.2, 0) is 19.1 Å². The van der Waals surface area contributed by atoms with Crippen LogP contribution in [0.4, 0.5) is 0 Å². The van der Waals surface area contributed by atoms with Gasteiger partial charge in [-0.2, -0.15) is 0 Å². The molecule has 1 saturated heterocycles. The summed E-state index contributed by atoms with van der Waals surface area (Å²) in [6.07, 6.45) is 0.0313. The van der Waals surface area contributed by atoms with Gasteiger partial charge >= 0.3 is 5.97 Å². The van der Waals surface area contributed by atoms with Crippen molar-refractivity contribution < 1.29 is 24.2 Å². The van der Waals surface area contributed by atoms with Gasteiger partial charge in [0, 0.05) is 25.8 Å². The lowest BCUT2D eigenvalue weighted by molar-refractivity contribution is -0.140. The standard InChI is InChI=1S/C12H20N2O5S/c1-8-5-14(3-4-19-8)11(16)7-20-6-10(12(17)18)13-9(2)15/h8,10H,3-7H2,1-2H3,(H,13,15)(H,17,18). The van der Waals surface area contributed by atoms with Crippen LogP contribution in [0.1, 0.15) is 13.8 Å². The fourth-order valence-corrected chi connectivity index (χ4v) is 2.76. The van der Waals surface area contributed by atoms with E-state index in [9.17, 15) is 14.4 Å². The number of carboxylic acids is 1. The minimum atomic E-state index is -1.10. The number of amides is 2. The van der Waals surface area contributed by atoms with Crippen molar-refractivity contribution in [3.8, 4) is 0 Å². The Labute approximate surface area is 122 Å². The van der Waals surface area contributed by atoms with Crippen LogP contribution in [0.15, 0.2) is 0 Å². The van der Waals surface area contributed by atoms with E-state index >= 15 is 0 Å². The fourth-order valence-electron chi connectivity index (χ4n) is 1.82. The predicted octanol–water partition coefficient (Wildman–Crippen LogP) is -0.444. The lowest BCUT2D eigenvalue weighted by Crippen LogP contribution is -2.45. The molecular formula is C12H20N2O5S. The number of aliphatic carboxylic acids is 1. The molecule has 0 aromatic heterocycles. The first-order chi connectivity index (χ1) is 9.40. The first-order valence-corrected chi connectivity index (χ1v) is 7.52. The zero-order valence-electron chi connectivity index (χ0n) is 11.6. The average molecular weight is 304 g/mol. The molecule has 1 rings (SSSR count). The molecule has 2 amide bonds. The lowest BCUT2D eigenvalue weighted by Gasteiger charge is -2.31. The van der Waals surface area contributed by atoms with Crippen LogP contribution < -0.4 is 5.32 Å². The predicted molar refractivity (Wildman–Crippen MR) is 74.6 cm³/mol. The number of ether oxygens (including phenoxy) is 1. The van der Waals surface area contributed by atoms with Crippen molar-refractivity contribution in [3.63, 3.8) is 0 Å². The minimum absolute atomic E-state index is 0.0305. The number of morpholine rings is 1. The smallest absolute Gasteiger partial charge is 0.327 e. The van der Waals surface area contributed by atoms with Crippen LogP contribution in [0.25, 0.3) is 0 Å². The summed E-state index contributed by atoms with van der Waals surface area (Å²) in [7, 11) is 0. The number of rotatable bonds is 6. The van der Waals surface area contributed by atoms with Gasteiger partial charge in [0.15, 0.2) is 0 Å². The molecule has 0 spiro atoms. The number of hydrogen-bond acceptors (Lipinski definition) is 5. The van der Waals surface area contributed by atoms with Crippen molar-refractivity contribution in [2.24, 2.45) is 0 Å². The van der Waals surface area contributed by atoms with E-state index in [2.05, 4.69) is 5.32 Å². The van der Waals surface area contributed by atoms with Gasteiger partial charge in [-0.1, -0.05) is 0 Å². The highest BCUT2D eigenvalue weighted by Crippen LogP contribution is 2.09. The molecule has 1 aliphatic heterocycles. The fraction of sp³-hybridized carbons (Fsp3) is 0.750. The molecule has 1 heterocycles. The second kappa shape index (κ2) is 8.11. The van der Waals surface area contributed by atoms with Crippen molar-refractivity contribution in [1.82, 2.24) is 10.2 Å². The summed E-state index contributed by atoms with van der Waals surface area (Å²) in [5.74, 6) is -1.15. The molecule has 0 bridgehead atoms. The van der Waals surface area contributed by atoms with E-state index in [-0.39, 0.29) is 23.5 Å². The third-order valence-corrected chi connectivity index (χ3v) is 3.80. The first-order valence-electron chi connectivity index (χ1n) is 6.37. The summed E-state index contributed by atoms with van der Waals surface area (Å²) in [5, 5.41) is 11.3. The number of hydrogen-bond donors (Lipinski definition) is 2. The van der Waals surface area contributed by atoms with Gasteiger partial charge in [0.2, 0.25) is 11.8 Å². The SMILES string of the molecule is CC(=O)NC(CSCC(=O)N1CCOC(C)C1)C(=O)O. The maximum atomic E-state index is 11.9. The molecule has 7 nitrogen and oxygen atoms in total. The molecule has 0 aromatic carbocycles. The second-order valence-electron chi connectivity index (χ2n) is 4.63. The molecule has 0 aromatic rings. The Bertz CT molecular complexity index is 377. The molecule has 0 aliphatic carbocycles. The van der Waals surface area contributed by atoms with Crippen molar-refractivity contribution >= 4 is 29.5 Å². The number of carboxylic acid groups (broad SMARTS) is 1. The van der Waals surface area contributed by atoms with E-state index in [1.807, 2.05) is 6.92 Å². The van der Waals surface area contributed by atoms with E-state index in [0.29, 0.717) is 19.7 Å². The van der Waals surface area contributed by atoms with Gasteiger partial charge in [-0.3, -0.25) is 9.59 Å². The molecule has 114 valence electrons. The summed E-state index contributed by atoms with van der Waals surface area (Å²) < 4.78 is 5.35. The normalized spacial score (nSPS) is 20.3. The molecule has 8 heteroatoms. The van der Waals surface area contributed by atoms with Crippen molar-refractivity contribution in [2.45, 2.75) is 26.0 Å². The van der Waals surface area contributed by atoms with Crippen LogP contribution in [0.5, 0.6) is 0 Å². The number of carbonyl (C=O) groups is 3. The van der Waals surface area contributed by atoms with Crippen LogP contribution in [0, 0.1) is 0 Å². The lowest BCUT2D eigenvalue weighted by atomic mass is 10.3. The van der Waals surface area contributed by atoms with Gasteiger partial charge in [-0.25, -0.2) is 4.79 Å². The van der Waals surface area contributed by atoms with E-state index in [4.69, 9.17) is 9.84 Å². The number of thioether (sulfide) groups is 1. The number of nitrogens with one attached hydrogen (secondary N) is 1.